The largest absolute Gasteiger partial charge is 0.298 e. The zero-order chi connectivity index (χ0) is 12.2. The van der Waals surface area contributed by atoms with Crippen molar-refractivity contribution in [3.05, 3.63) is 71.3 Å². The van der Waals surface area contributed by atoms with Gasteiger partial charge in [-0.15, -0.1) is 12.4 Å². The molecule has 0 aromatic heterocycles. The van der Waals surface area contributed by atoms with Gasteiger partial charge in [-0.25, -0.2) is 0 Å². The fraction of sp³-hybridized carbons (Fsp3) is 0.294. The molecular formula is C17H20ClN. The van der Waals surface area contributed by atoms with Gasteiger partial charge in [-0.1, -0.05) is 54.6 Å². The second-order valence-electron chi connectivity index (χ2n) is 5.03. The van der Waals surface area contributed by atoms with Crippen LogP contribution in [0, 0.1) is 0 Å². The normalized spacial score (nSPS) is 14.5. The van der Waals surface area contributed by atoms with Crippen LogP contribution in [0.2, 0.25) is 0 Å². The van der Waals surface area contributed by atoms with Crippen LogP contribution in [0.25, 0.3) is 0 Å². The van der Waals surface area contributed by atoms with E-state index in [1.807, 2.05) is 0 Å². The predicted molar refractivity (Wildman–Crippen MR) is 82.8 cm³/mol. The van der Waals surface area contributed by atoms with E-state index < -0.39 is 0 Å². The number of hydrogen-bond acceptors (Lipinski definition) is 1. The number of benzene rings is 2. The van der Waals surface area contributed by atoms with Gasteiger partial charge in [-0.05, 0) is 29.5 Å². The van der Waals surface area contributed by atoms with Crippen molar-refractivity contribution in [2.75, 3.05) is 13.1 Å². The van der Waals surface area contributed by atoms with Crippen molar-refractivity contribution in [2.45, 2.75) is 19.4 Å². The maximum absolute atomic E-state index is 2.56. The second-order valence-corrected chi connectivity index (χ2v) is 5.03. The Labute approximate surface area is 121 Å². The van der Waals surface area contributed by atoms with E-state index in [2.05, 4.69) is 59.5 Å². The Bertz CT molecular complexity index is 510. The topological polar surface area (TPSA) is 3.24 Å². The highest BCUT2D eigenvalue weighted by atomic mass is 35.5. The molecule has 0 unspecified atom stereocenters. The van der Waals surface area contributed by atoms with Gasteiger partial charge in [0, 0.05) is 19.6 Å². The predicted octanol–water partition coefficient (Wildman–Crippen LogP) is 3.71. The molecule has 1 aliphatic rings. The van der Waals surface area contributed by atoms with Crippen molar-refractivity contribution in [2.24, 2.45) is 0 Å². The molecule has 0 radical (unpaired) electrons. The van der Waals surface area contributed by atoms with Crippen LogP contribution >= 0.6 is 12.4 Å². The maximum atomic E-state index is 2.56. The summed E-state index contributed by atoms with van der Waals surface area (Å²) >= 11 is 0. The first kappa shape index (κ1) is 14.1. The van der Waals surface area contributed by atoms with Crippen molar-refractivity contribution in [3.8, 4) is 0 Å². The summed E-state index contributed by atoms with van der Waals surface area (Å²) in [5.74, 6) is 0. The van der Waals surface area contributed by atoms with Gasteiger partial charge >= 0.3 is 0 Å². The van der Waals surface area contributed by atoms with Crippen LogP contribution in [0.5, 0.6) is 0 Å². The molecule has 0 amide bonds. The minimum atomic E-state index is 0. The van der Waals surface area contributed by atoms with Gasteiger partial charge in [0.1, 0.15) is 0 Å². The number of halogens is 1. The molecule has 0 N–H and O–H groups in total. The van der Waals surface area contributed by atoms with Gasteiger partial charge in [-0.2, -0.15) is 0 Å². The average molecular weight is 274 g/mol. The molecule has 0 aliphatic carbocycles. The number of hydrogen-bond donors (Lipinski definition) is 0. The highest BCUT2D eigenvalue weighted by Gasteiger charge is 2.14. The lowest BCUT2D eigenvalue weighted by atomic mass is 9.99. The van der Waals surface area contributed by atoms with Crippen molar-refractivity contribution in [1.82, 2.24) is 4.90 Å². The molecule has 0 saturated carbocycles. The molecule has 0 atom stereocenters. The third-order valence-electron chi connectivity index (χ3n) is 3.77. The molecule has 1 aliphatic heterocycles. The summed E-state index contributed by atoms with van der Waals surface area (Å²) in [6.45, 7) is 3.48. The Morgan fingerprint density at radius 3 is 2.32 bits per heavy atom. The molecule has 2 aromatic rings. The Kier molecular flexibility index (Phi) is 5.00. The maximum Gasteiger partial charge on any atom is 0.0236 e. The van der Waals surface area contributed by atoms with Crippen LogP contribution in [-0.4, -0.2) is 18.0 Å². The fourth-order valence-corrected chi connectivity index (χ4v) is 2.68. The van der Waals surface area contributed by atoms with Gasteiger partial charge in [0.05, 0.1) is 0 Å². The standard InChI is InChI=1S/C17H19N.ClH/c1-2-6-15(7-3-1)10-12-18-13-11-16-8-4-5-9-17(16)14-18;/h1-9H,10-14H2;1H. The van der Waals surface area contributed by atoms with Crippen molar-refractivity contribution < 1.29 is 0 Å². The lowest BCUT2D eigenvalue weighted by Crippen LogP contribution is -2.32. The first-order valence-corrected chi connectivity index (χ1v) is 6.75. The van der Waals surface area contributed by atoms with Crippen LogP contribution in [0.15, 0.2) is 54.6 Å². The van der Waals surface area contributed by atoms with Crippen molar-refractivity contribution >= 4 is 12.4 Å². The third kappa shape index (κ3) is 3.59. The molecule has 2 aromatic carbocycles. The SMILES string of the molecule is Cl.c1ccc(CCN2CCc3ccccc3C2)cc1. The summed E-state index contributed by atoms with van der Waals surface area (Å²) in [5, 5.41) is 0. The Balaban J connectivity index is 0.00000133. The van der Waals surface area contributed by atoms with E-state index in [0.717, 1.165) is 13.0 Å². The van der Waals surface area contributed by atoms with Crippen LogP contribution in [-0.2, 0) is 19.4 Å². The highest BCUT2D eigenvalue weighted by Crippen LogP contribution is 2.18. The number of fused-ring (bicyclic) bond motifs is 1. The molecule has 0 saturated heterocycles. The molecule has 1 nitrogen and oxygen atoms in total. The molecule has 0 fully saturated rings. The van der Waals surface area contributed by atoms with E-state index in [4.69, 9.17) is 0 Å². The van der Waals surface area contributed by atoms with Crippen molar-refractivity contribution in [1.29, 1.82) is 0 Å². The number of rotatable bonds is 3. The van der Waals surface area contributed by atoms with E-state index in [1.165, 1.54) is 36.2 Å². The third-order valence-corrected chi connectivity index (χ3v) is 3.77. The summed E-state index contributed by atoms with van der Waals surface area (Å²) in [6, 6.07) is 19.6. The van der Waals surface area contributed by atoms with E-state index in [9.17, 15) is 0 Å². The smallest absolute Gasteiger partial charge is 0.0236 e. The van der Waals surface area contributed by atoms with Crippen LogP contribution in [0.3, 0.4) is 0 Å². The van der Waals surface area contributed by atoms with E-state index >= 15 is 0 Å². The minimum Gasteiger partial charge on any atom is -0.298 e. The monoisotopic (exact) mass is 273 g/mol. The fourth-order valence-electron chi connectivity index (χ4n) is 2.68. The first-order chi connectivity index (χ1) is 8.92. The molecule has 19 heavy (non-hydrogen) atoms. The Hall–Kier alpha value is -1.31. The van der Waals surface area contributed by atoms with Gasteiger partial charge < -0.3 is 0 Å². The van der Waals surface area contributed by atoms with Gasteiger partial charge in [0.15, 0.2) is 0 Å². The van der Waals surface area contributed by atoms with E-state index in [1.54, 1.807) is 0 Å². The molecule has 3 rings (SSSR count). The van der Waals surface area contributed by atoms with Gasteiger partial charge in [0.2, 0.25) is 0 Å². The zero-order valence-corrected chi connectivity index (χ0v) is 11.9. The van der Waals surface area contributed by atoms with Gasteiger partial charge in [0.25, 0.3) is 0 Å². The lowest BCUT2D eigenvalue weighted by molar-refractivity contribution is 0.257. The molecule has 2 heteroatoms. The zero-order valence-electron chi connectivity index (χ0n) is 11.1. The summed E-state index contributed by atoms with van der Waals surface area (Å²) in [5.41, 5.74) is 4.49. The number of nitrogens with zero attached hydrogens (tertiary/aromatic N) is 1. The Morgan fingerprint density at radius 2 is 1.53 bits per heavy atom. The quantitative estimate of drug-likeness (QED) is 0.824. The lowest BCUT2D eigenvalue weighted by Gasteiger charge is -2.28. The Morgan fingerprint density at radius 1 is 0.842 bits per heavy atom. The van der Waals surface area contributed by atoms with Crippen LogP contribution in [0.1, 0.15) is 16.7 Å². The van der Waals surface area contributed by atoms with E-state index in [0.29, 0.717) is 0 Å². The molecule has 1 heterocycles. The van der Waals surface area contributed by atoms with Crippen LogP contribution in [0.4, 0.5) is 0 Å². The second kappa shape index (κ2) is 6.74. The first-order valence-electron chi connectivity index (χ1n) is 6.75. The minimum absolute atomic E-state index is 0. The highest BCUT2D eigenvalue weighted by molar-refractivity contribution is 5.85. The molecule has 100 valence electrons. The summed E-state index contributed by atoms with van der Waals surface area (Å²) < 4.78 is 0. The summed E-state index contributed by atoms with van der Waals surface area (Å²) in [7, 11) is 0. The molecular weight excluding hydrogens is 254 g/mol. The molecule has 0 bridgehead atoms. The summed E-state index contributed by atoms with van der Waals surface area (Å²) in [4.78, 5) is 2.56. The van der Waals surface area contributed by atoms with E-state index in [-0.39, 0.29) is 12.4 Å². The van der Waals surface area contributed by atoms with Crippen LogP contribution < -0.4 is 0 Å². The average Bonchev–Trinajstić information content (AvgIpc) is 2.46. The van der Waals surface area contributed by atoms with Gasteiger partial charge in [-0.3, -0.25) is 4.90 Å². The molecule has 0 spiro atoms. The summed E-state index contributed by atoms with van der Waals surface area (Å²) in [6.07, 6.45) is 2.36. The van der Waals surface area contributed by atoms with Crippen molar-refractivity contribution in [3.63, 3.8) is 0 Å².